The lowest BCUT2D eigenvalue weighted by molar-refractivity contribution is -0.302. The highest BCUT2D eigenvalue weighted by Crippen LogP contribution is 2.23. The SMILES string of the molecule is CCCCCCCCC/C=C/C(O)C(COC1OC(CO)C(O)C(O)C1O)NC(=O)CCCCCCCCCCCCC/C=C\C/C=C\CCCCCCCCCCCOC(=O)CCCCCCCCCCCCCCCCCCCCC. The molecule has 1 aliphatic heterocycles. The lowest BCUT2D eigenvalue weighted by Crippen LogP contribution is -2.60. The molecular formula is C72H135NO10. The summed E-state index contributed by atoms with van der Waals surface area (Å²) in [6.07, 6.45) is 68.7. The number of aliphatic hydroxyl groups excluding tert-OH is 5. The lowest BCUT2D eigenvalue weighted by Gasteiger charge is -2.40. The summed E-state index contributed by atoms with van der Waals surface area (Å²) in [6.45, 7) is 4.34. The summed E-state index contributed by atoms with van der Waals surface area (Å²) < 4.78 is 16.7. The van der Waals surface area contributed by atoms with Gasteiger partial charge in [-0.2, -0.15) is 0 Å². The number of esters is 1. The van der Waals surface area contributed by atoms with Gasteiger partial charge in [0.1, 0.15) is 24.4 Å². The van der Waals surface area contributed by atoms with E-state index >= 15 is 0 Å². The molecule has 0 aromatic heterocycles. The quantitative estimate of drug-likeness (QED) is 0.0195. The monoisotopic (exact) mass is 1170 g/mol. The van der Waals surface area contributed by atoms with Gasteiger partial charge in [0.25, 0.3) is 0 Å². The van der Waals surface area contributed by atoms with Gasteiger partial charge in [-0.05, 0) is 64.2 Å². The summed E-state index contributed by atoms with van der Waals surface area (Å²) >= 11 is 0. The Morgan fingerprint density at radius 3 is 1.22 bits per heavy atom. The van der Waals surface area contributed by atoms with Gasteiger partial charge in [-0.25, -0.2) is 0 Å². The maximum atomic E-state index is 13.0. The van der Waals surface area contributed by atoms with Crippen LogP contribution < -0.4 is 5.32 Å². The van der Waals surface area contributed by atoms with Crippen LogP contribution in [0.25, 0.3) is 0 Å². The van der Waals surface area contributed by atoms with Crippen LogP contribution in [0.4, 0.5) is 0 Å². The summed E-state index contributed by atoms with van der Waals surface area (Å²) in [5, 5.41) is 54.3. The molecule has 11 nitrogen and oxygen atoms in total. The van der Waals surface area contributed by atoms with Crippen molar-refractivity contribution in [2.75, 3.05) is 19.8 Å². The number of amides is 1. The van der Waals surface area contributed by atoms with Crippen molar-refractivity contribution in [2.45, 2.75) is 391 Å². The second-order valence-corrected chi connectivity index (χ2v) is 24.9. The minimum absolute atomic E-state index is 0.00618. The maximum Gasteiger partial charge on any atom is 0.305 e. The smallest absolute Gasteiger partial charge is 0.305 e. The van der Waals surface area contributed by atoms with E-state index in [9.17, 15) is 35.1 Å². The normalized spacial score (nSPS) is 18.3. The van der Waals surface area contributed by atoms with Crippen molar-refractivity contribution in [1.29, 1.82) is 0 Å². The lowest BCUT2D eigenvalue weighted by atomic mass is 9.99. The molecule has 0 bridgehead atoms. The van der Waals surface area contributed by atoms with E-state index in [1.165, 1.54) is 257 Å². The first-order chi connectivity index (χ1) is 40.7. The third-order valence-electron chi connectivity index (χ3n) is 17.0. The van der Waals surface area contributed by atoms with E-state index in [2.05, 4.69) is 43.5 Å². The molecule has 0 saturated carbocycles. The molecule has 0 aromatic carbocycles. The first-order valence-electron chi connectivity index (χ1n) is 35.8. The van der Waals surface area contributed by atoms with Crippen LogP contribution in [0, 0.1) is 0 Å². The van der Waals surface area contributed by atoms with Gasteiger partial charge in [0.2, 0.25) is 5.91 Å². The Kier molecular flexibility index (Phi) is 58.5. The minimum Gasteiger partial charge on any atom is -0.466 e. The van der Waals surface area contributed by atoms with E-state index in [0.717, 1.165) is 64.2 Å². The topological polar surface area (TPSA) is 175 Å². The van der Waals surface area contributed by atoms with E-state index in [1.54, 1.807) is 6.08 Å². The van der Waals surface area contributed by atoms with Gasteiger partial charge in [-0.3, -0.25) is 9.59 Å². The predicted octanol–water partition coefficient (Wildman–Crippen LogP) is 18.2. The van der Waals surface area contributed by atoms with Crippen LogP contribution in [0.1, 0.15) is 348 Å². The summed E-state index contributed by atoms with van der Waals surface area (Å²) in [5.74, 6) is -0.180. The van der Waals surface area contributed by atoms with Crippen LogP contribution in [0.2, 0.25) is 0 Å². The van der Waals surface area contributed by atoms with Crippen LogP contribution in [0.15, 0.2) is 36.5 Å². The number of ether oxygens (including phenoxy) is 3. The number of aliphatic hydroxyl groups is 5. The van der Waals surface area contributed by atoms with Crippen LogP contribution in [-0.2, 0) is 23.8 Å². The maximum absolute atomic E-state index is 13.0. The van der Waals surface area contributed by atoms with Crippen molar-refractivity contribution in [2.24, 2.45) is 0 Å². The van der Waals surface area contributed by atoms with Crippen molar-refractivity contribution in [1.82, 2.24) is 5.32 Å². The molecule has 1 rings (SSSR count). The molecule has 1 amide bonds. The number of hydrogen-bond acceptors (Lipinski definition) is 10. The second kappa shape index (κ2) is 61.5. The van der Waals surface area contributed by atoms with Crippen LogP contribution >= 0.6 is 0 Å². The number of carbonyl (C=O) groups excluding carboxylic acids is 2. The summed E-state index contributed by atoms with van der Waals surface area (Å²) in [7, 11) is 0. The third kappa shape index (κ3) is 50.6. The summed E-state index contributed by atoms with van der Waals surface area (Å²) in [4.78, 5) is 25.1. The number of hydrogen-bond donors (Lipinski definition) is 6. The Balaban J connectivity index is 1.93. The molecule has 0 spiro atoms. The van der Waals surface area contributed by atoms with Crippen molar-refractivity contribution >= 4 is 11.9 Å². The fourth-order valence-electron chi connectivity index (χ4n) is 11.4. The van der Waals surface area contributed by atoms with Gasteiger partial charge >= 0.3 is 5.97 Å². The summed E-state index contributed by atoms with van der Waals surface area (Å²) in [5.41, 5.74) is 0. The first-order valence-corrected chi connectivity index (χ1v) is 35.8. The zero-order valence-electron chi connectivity index (χ0n) is 54.2. The van der Waals surface area contributed by atoms with E-state index in [0.29, 0.717) is 19.4 Å². The average Bonchev–Trinajstić information content (AvgIpc) is 3.65. The third-order valence-corrected chi connectivity index (χ3v) is 17.0. The Morgan fingerprint density at radius 1 is 0.446 bits per heavy atom. The highest BCUT2D eigenvalue weighted by atomic mass is 16.7. The van der Waals surface area contributed by atoms with Crippen LogP contribution in [0.3, 0.4) is 0 Å². The molecule has 11 heteroatoms. The van der Waals surface area contributed by atoms with E-state index in [4.69, 9.17) is 14.2 Å². The van der Waals surface area contributed by atoms with Crippen LogP contribution in [-0.4, -0.2) is 100 Å². The second-order valence-electron chi connectivity index (χ2n) is 24.9. The van der Waals surface area contributed by atoms with E-state index in [1.807, 2.05) is 6.08 Å². The molecule has 0 aliphatic carbocycles. The Morgan fingerprint density at radius 2 is 0.807 bits per heavy atom. The van der Waals surface area contributed by atoms with Crippen molar-refractivity contribution in [3.63, 3.8) is 0 Å². The van der Waals surface area contributed by atoms with Gasteiger partial charge in [-0.15, -0.1) is 0 Å². The standard InChI is InChI=1S/C72H135NO10/c1-3-5-7-9-11-13-14-15-16-17-27-31-34-37-40-44-48-52-56-60-68(77)81-61-57-53-49-45-41-38-35-32-29-26-24-22-20-18-19-21-23-25-28-30-33-36-39-43-47-51-55-59-67(76)73-64(65(75)58-54-50-46-42-12-10-8-6-4-2)63-82-72-71(80)70(79)69(78)66(62-74)83-72/h18-19,22,24,54,58,64-66,69-72,74-75,78-80H,3-17,20-21,23,25-53,55-57,59-63H2,1-2H3,(H,73,76)/b19-18-,24-22-,58-54+. The van der Waals surface area contributed by atoms with Crippen LogP contribution in [0.5, 0.6) is 0 Å². The van der Waals surface area contributed by atoms with Crippen molar-refractivity contribution in [3.05, 3.63) is 36.5 Å². The molecule has 1 heterocycles. The number of unbranched alkanes of at least 4 members (excludes halogenated alkanes) is 45. The molecule has 0 aromatic rings. The summed E-state index contributed by atoms with van der Waals surface area (Å²) in [6, 6.07) is -0.811. The zero-order valence-corrected chi connectivity index (χ0v) is 54.2. The minimum atomic E-state index is -1.57. The average molecular weight is 1170 g/mol. The zero-order chi connectivity index (χ0) is 60.2. The molecule has 7 unspecified atom stereocenters. The van der Waals surface area contributed by atoms with Gasteiger partial charge in [0.15, 0.2) is 6.29 Å². The Bertz CT molecular complexity index is 1470. The van der Waals surface area contributed by atoms with Gasteiger partial charge < -0.3 is 45.1 Å². The molecule has 0 radical (unpaired) electrons. The predicted molar refractivity (Wildman–Crippen MR) is 347 cm³/mol. The fraction of sp³-hybridized carbons (Fsp3) is 0.889. The molecule has 83 heavy (non-hydrogen) atoms. The van der Waals surface area contributed by atoms with E-state index < -0.39 is 49.5 Å². The fourth-order valence-corrected chi connectivity index (χ4v) is 11.4. The van der Waals surface area contributed by atoms with Gasteiger partial charge in [-0.1, -0.05) is 307 Å². The number of rotatable bonds is 63. The molecule has 488 valence electrons. The molecule has 6 N–H and O–H groups in total. The molecule has 1 saturated heterocycles. The van der Waals surface area contributed by atoms with Crippen molar-refractivity contribution in [3.8, 4) is 0 Å². The number of allylic oxidation sites excluding steroid dienone is 5. The Hall–Kier alpha value is -2.12. The Labute approximate surface area is 511 Å². The molecule has 1 fully saturated rings. The van der Waals surface area contributed by atoms with Gasteiger partial charge in [0, 0.05) is 12.8 Å². The highest BCUT2D eigenvalue weighted by Gasteiger charge is 2.44. The van der Waals surface area contributed by atoms with Crippen molar-refractivity contribution < 1.29 is 49.3 Å². The van der Waals surface area contributed by atoms with Gasteiger partial charge in [0.05, 0.1) is 32.0 Å². The van der Waals surface area contributed by atoms with E-state index in [-0.39, 0.29) is 18.5 Å². The number of carbonyl (C=O) groups is 2. The molecule has 7 atom stereocenters. The largest absolute Gasteiger partial charge is 0.466 e. The first kappa shape index (κ1) is 78.9. The molecule has 1 aliphatic rings. The highest BCUT2D eigenvalue weighted by molar-refractivity contribution is 5.76. The molecular weight excluding hydrogens is 1040 g/mol. The number of nitrogens with one attached hydrogen (secondary N) is 1.